The number of nitrogens with zero attached hydrogens (tertiary/aromatic N) is 3. The van der Waals surface area contributed by atoms with Crippen LogP contribution in [0, 0.1) is 5.92 Å². The minimum atomic E-state index is -0.854. The number of piperidine rings is 1. The quantitative estimate of drug-likeness (QED) is 0.575. The van der Waals surface area contributed by atoms with E-state index in [4.69, 9.17) is 4.42 Å². The second-order valence-electron chi connectivity index (χ2n) is 9.60. The van der Waals surface area contributed by atoms with Crippen LogP contribution in [0.25, 0.3) is 0 Å². The van der Waals surface area contributed by atoms with Crippen LogP contribution >= 0.6 is 0 Å². The van der Waals surface area contributed by atoms with E-state index in [0.29, 0.717) is 24.1 Å². The van der Waals surface area contributed by atoms with Crippen molar-refractivity contribution in [1.29, 1.82) is 0 Å². The molecule has 34 heavy (non-hydrogen) atoms. The second kappa shape index (κ2) is 11.7. The van der Waals surface area contributed by atoms with E-state index in [9.17, 15) is 14.7 Å². The Labute approximate surface area is 202 Å². The van der Waals surface area contributed by atoms with Crippen molar-refractivity contribution in [2.75, 3.05) is 39.3 Å². The Hall–Kier alpha value is -2.64. The topological polar surface area (TPSA) is 77.2 Å². The molecular weight excluding hydrogens is 430 g/mol. The van der Waals surface area contributed by atoms with E-state index in [1.165, 1.54) is 11.8 Å². The predicted octanol–water partition coefficient (Wildman–Crippen LogP) is 3.67. The SMILES string of the molecule is CCN(C(=O)CCc1ccccc1)C1CCN(C[C@@H]2CCN(C(C(=O)O)c3ccco3)C2)CC1. The number of amides is 1. The van der Waals surface area contributed by atoms with E-state index in [1.807, 2.05) is 23.1 Å². The number of carboxylic acid groups (broad SMARTS) is 1. The van der Waals surface area contributed by atoms with Gasteiger partial charge in [0.05, 0.1) is 6.26 Å². The van der Waals surface area contributed by atoms with Crippen LogP contribution in [0.15, 0.2) is 53.1 Å². The van der Waals surface area contributed by atoms with Gasteiger partial charge in [-0.05, 0) is 62.8 Å². The smallest absolute Gasteiger partial charge is 0.328 e. The molecule has 3 heterocycles. The molecule has 1 amide bonds. The van der Waals surface area contributed by atoms with Crippen LogP contribution < -0.4 is 0 Å². The Morgan fingerprint density at radius 2 is 1.85 bits per heavy atom. The van der Waals surface area contributed by atoms with Gasteiger partial charge in [-0.15, -0.1) is 0 Å². The third-order valence-electron chi connectivity index (χ3n) is 7.37. The average Bonchev–Trinajstić information content (AvgIpc) is 3.53. The zero-order chi connectivity index (χ0) is 23.9. The summed E-state index contributed by atoms with van der Waals surface area (Å²) in [5.41, 5.74) is 1.21. The third-order valence-corrected chi connectivity index (χ3v) is 7.37. The fourth-order valence-electron chi connectivity index (χ4n) is 5.61. The molecule has 0 spiro atoms. The van der Waals surface area contributed by atoms with E-state index in [1.54, 1.807) is 12.1 Å². The van der Waals surface area contributed by atoms with E-state index >= 15 is 0 Å². The van der Waals surface area contributed by atoms with Gasteiger partial charge in [0, 0.05) is 45.2 Å². The Bertz CT molecular complexity index is 909. The van der Waals surface area contributed by atoms with Crippen molar-refractivity contribution in [2.24, 2.45) is 5.92 Å². The predicted molar refractivity (Wildman–Crippen MR) is 130 cm³/mol. The first-order valence-electron chi connectivity index (χ1n) is 12.6. The van der Waals surface area contributed by atoms with Gasteiger partial charge >= 0.3 is 5.97 Å². The van der Waals surface area contributed by atoms with E-state index < -0.39 is 12.0 Å². The van der Waals surface area contributed by atoms with Crippen LogP contribution in [-0.4, -0.2) is 77.0 Å². The summed E-state index contributed by atoms with van der Waals surface area (Å²) in [6.45, 7) is 7.36. The van der Waals surface area contributed by atoms with Crippen molar-refractivity contribution in [3.05, 3.63) is 60.1 Å². The van der Waals surface area contributed by atoms with Crippen LogP contribution in [0.2, 0.25) is 0 Å². The largest absolute Gasteiger partial charge is 0.480 e. The number of carbonyl (C=O) groups excluding carboxylic acids is 1. The van der Waals surface area contributed by atoms with Gasteiger partial charge in [-0.1, -0.05) is 30.3 Å². The number of carboxylic acids is 1. The maximum Gasteiger partial charge on any atom is 0.328 e. The van der Waals surface area contributed by atoms with Gasteiger partial charge in [-0.25, -0.2) is 0 Å². The summed E-state index contributed by atoms with van der Waals surface area (Å²) in [5, 5.41) is 9.72. The normalized spacial score (nSPS) is 20.9. The molecule has 2 aromatic rings. The summed E-state index contributed by atoms with van der Waals surface area (Å²) in [6, 6.07) is 13.3. The molecule has 1 aromatic carbocycles. The molecule has 1 unspecified atom stereocenters. The number of rotatable bonds is 10. The fourth-order valence-corrected chi connectivity index (χ4v) is 5.61. The number of aliphatic carboxylic acids is 1. The van der Waals surface area contributed by atoms with Crippen LogP contribution in [0.5, 0.6) is 0 Å². The zero-order valence-electron chi connectivity index (χ0n) is 20.1. The number of furan rings is 1. The first-order chi connectivity index (χ1) is 16.5. The lowest BCUT2D eigenvalue weighted by atomic mass is 10.00. The number of hydrogen-bond donors (Lipinski definition) is 1. The Morgan fingerprint density at radius 1 is 1.09 bits per heavy atom. The highest BCUT2D eigenvalue weighted by Crippen LogP contribution is 2.29. The summed E-state index contributed by atoms with van der Waals surface area (Å²) in [4.78, 5) is 31.4. The number of aryl methyl sites for hydroxylation is 1. The first kappa shape index (κ1) is 24.5. The third kappa shape index (κ3) is 6.07. The molecule has 1 aromatic heterocycles. The summed E-state index contributed by atoms with van der Waals surface area (Å²) < 4.78 is 5.40. The van der Waals surface area contributed by atoms with Gasteiger partial charge in [0.15, 0.2) is 6.04 Å². The Balaban J connectivity index is 1.23. The summed E-state index contributed by atoms with van der Waals surface area (Å²) >= 11 is 0. The minimum absolute atomic E-state index is 0.258. The molecule has 0 radical (unpaired) electrons. The highest BCUT2D eigenvalue weighted by Gasteiger charge is 2.36. The molecule has 4 rings (SSSR count). The van der Waals surface area contributed by atoms with Crippen LogP contribution in [0.4, 0.5) is 0 Å². The molecule has 2 saturated heterocycles. The lowest BCUT2D eigenvalue weighted by molar-refractivity contribution is -0.144. The van der Waals surface area contributed by atoms with E-state index in [2.05, 4.69) is 28.9 Å². The molecule has 2 atom stereocenters. The monoisotopic (exact) mass is 467 g/mol. The molecule has 7 heteroatoms. The fraction of sp³-hybridized carbons (Fsp3) is 0.556. The van der Waals surface area contributed by atoms with Gasteiger partial charge < -0.3 is 19.3 Å². The van der Waals surface area contributed by atoms with E-state index in [-0.39, 0.29) is 5.91 Å². The Morgan fingerprint density at radius 3 is 2.50 bits per heavy atom. The molecule has 2 aliphatic heterocycles. The second-order valence-corrected chi connectivity index (χ2v) is 9.60. The molecule has 0 saturated carbocycles. The van der Waals surface area contributed by atoms with Crippen LogP contribution in [-0.2, 0) is 16.0 Å². The van der Waals surface area contributed by atoms with Crippen molar-refractivity contribution in [3.8, 4) is 0 Å². The molecule has 1 N–H and O–H groups in total. The number of hydrogen-bond acceptors (Lipinski definition) is 5. The zero-order valence-corrected chi connectivity index (χ0v) is 20.1. The summed E-state index contributed by atoms with van der Waals surface area (Å²) in [7, 11) is 0. The maximum atomic E-state index is 12.9. The van der Waals surface area contributed by atoms with Crippen LogP contribution in [0.3, 0.4) is 0 Å². The van der Waals surface area contributed by atoms with Gasteiger partial charge in [0.2, 0.25) is 5.91 Å². The summed E-state index contributed by atoms with van der Waals surface area (Å²) in [6.07, 6.45) is 5.91. The minimum Gasteiger partial charge on any atom is -0.480 e. The summed E-state index contributed by atoms with van der Waals surface area (Å²) in [5.74, 6) is 0.371. The van der Waals surface area contributed by atoms with Crippen molar-refractivity contribution < 1.29 is 19.1 Å². The molecule has 2 aliphatic rings. The highest BCUT2D eigenvalue weighted by molar-refractivity contribution is 5.77. The number of likely N-dealkylation sites (tertiary alicyclic amines) is 2. The number of benzene rings is 1. The highest BCUT2D eigenvalue weighted by atomic mass is 16.4. The van der Waals surface area contributed by atoms with Gasteiger partial charge in [0.25, 0.3) is 0 Å². The molecule has 0 bridgehead atoms. The molecular formula is C27H37N3O4. The van der Waals surface area contributed by atoms with Gasteiger partial charge in [0.1, 0.15) is 5.76 Å². The molecule has 184 valence electrons. The standard InChI is InChI=1S/C27H37N3O4/c1-2-30(25(31)11-10-21-7-4-3-5-8-21)23-13-15-28(16-14-23)19-22-12-17-29(20-22)26(27(32)33)24-9-6-18-34-24/h3-9,18,22-23,26H,2,10-17,19-20H2,1H3,(H,32,33)/t22-,26?/m0/s1. The van der Waals surface area contributed by atoms with E-state index in [0.717, 1.165) is 65.0 Å². The molecule has 0 aliphatic carbocycles. The first-order valence-corrected chi connectivity index (χ1v) is 12.6. The number of carbonyl (C=O) groups is 2. The van der Waals surface area contributed by atoms with Crippen molar-refractivity contribution in [3.63, 3.8) is 0 Å². The van der Waals surface area contributed by atoms with Gasteiger partial charge in [-0.2, -0.15) is 0 Å². The van der Waals surface area contributed by atoms with Crippen molar-refractivity contribution in [1.82, 2.24) is 14.7 Å². The van der Waals surface area contributed by atoms with Gasteiger partial charge in [-0.3, -0.25) is 14.5 Å². The maximum absolute atomic E-state index is 12.9. The lowest BCUT2D eigenvalue weighted by Gasteiger charge is -2.39. The molecule has 2 fully saturated rings. The Kier molecular flexibility index (Phi) is 8.40. The van der Waals surface area contributed by atoms with Crippen molar-refractivity contribution >= 4 is 11.9 Å². The van der Waals surface area contributed by atoms with Crippen LogP contribution in [0.1, 0.15) is 50.0 Å². The average molecular weight is 468 g/mol. The molecule has 7 nitrogen and oxygen atoms in total. The van der Waals surface area contributed by atoms with Crippen molar-refractivity contribution in [2.45, 2.75) is 51.1 Å². The lowest BCUT2D eigenvalue weighted by Crippen LogP contribution is -2.48.